The average molecular weight is 497 g/mol. The third-order valence-electron chi connectivity index (χ3n) is 5.71. The molecular formula is C25H29FN6O2S. The Labute approximate surface area is 208 Å². The van der Waals surface area contributed by atoms with Gasteiger partial charge in [0.1, 0.15) is 5.82 Å². The minimum atomic E-state index is -1.01. The van der Waals surface area contributed by atoms with Crippen molar-refractivity contribution in [2.45, 2.75) is 63.7 Å². The Kier molecular flexibility index (Phi) is 7.49. The monoisotopic (exact) mass is 496 g/mol. The molecule has 35 heavy (non-hydrogen) atoms. The summed E-state index contributed by atoms with van der Waals surface area (Å²) in [6, 6.07) is 6.21. The quantitative estimate of drug-likeness (QED) is 0.380. The number of nitrogens with zero attached hydrogens (tertiary/aromatic N) is 4. The Bertz CT molecular complexity index is 1200. The van der Waals surface area contributed by atoms with Gasteiger partial charge in [0.2, 0.25) is 17.7 Å². The molecule has 1 amide bonds. The summed E-state index contributed by atoms with van der Waals surface area (Å²) in [5.41, 5.74) is 0.593. The van der Waals surface area contributed by atoms with Crippen molar-refractivity contribution < 1.29 is 13.9 Å². The lowest BCUT2D eigenvalue weighted by Gasteiger charge is -2.25. The summed E-state index contributed by atoms with van der Waals surface area (Å²) in [7, 11) is 0. The third kappa shape index (κ3) is 6.05. The minimum absolute atomic E-state index is 0.0551. The molecule has 1 aliphatic rings. The Hall–Kier alpha value is -3.27. The molecular weight excluding hydrogens is 467 g/mol. The van der Waals surface area contributed by atoms with Gasteiger partial charge in [0, 0.05) is 17.0 Å². The molecule has 1 aliphatic carbocycles. The van der Waals surface area contributed by atoms with Crippen molar-refractivity contribution >= 4 is 29.5 Å². The predicted molar refractivity (Wildman–Crippen MR) is 136 cm³/mol. The standard InChI is InChI=1S/C25H29FN6O2S/c1-15(2)34-22-14-27-13-20(29-22)16-8-9-19(18(26)12-16)30-23(33)25(3,4)21-10-11-28-24(31-21)32-35-17-6-5-7-17/h8-15,17H,5-7H2,1-4H3,(H,30,33)(H,28,31,32). The maximum absolute atomic E-state index is 14.9. The summed E-state index contributed by atoms with van der Waals surface area (Å²) < 4.78 is 23.7. The fourth-order valence-electron chi connectivity index (χ4n) is 3.34. The third-order valence-corrected chi connectivity index (χ3v) is 6.82. The van der Waals surface area contributed by atoms with Crippen molar-refractivity contribution in [3.8, 4) is 17.1 Å². The summed E-state index contributed by atoms with van der Waals surface area (Å²) in [6.07, 6.45) is 8.22. The first kappa shape index (κ1) is 24.8. The number of ether oxygens (including phenoxy) is 1. The molecule has 2 aromatic heterocycles. The molecule has 0 unspecified atom stereocenters. The molecule has 2 N–H and O–H groups in total. The lowest BCUT2D eigenvalue weighted by atomic mass is 9.88. The van der Waals surface area contributed by atoms with E-state index in [1.807, 2.05) is 13.8 Å². The fraction of sp³-hybridized carbons (Fsp3) is 0.400. The van der Waals surface area contributed by atoms with Crippen LogP contribution >= 0.6 is 11.9 Å². The molecule has 2 heterocycles. The van der Waals surface area contributed by atoms with E-state index in [4.69, 9.17) is 4.74 Å². The molecule has 3 aromatic rings. The van der Waals surface area contributed by atoms with Gasteiger partial charge in [-0.3, -0.25) is 14.5 Å². The molecule has 0 spiro atoms. The zero-order valence-electron chi connectivity index (χ0n) is 20.2. The first-order valence-electron chi connectivity index (χ1n) is 11.6. The topological polar surface area (TPSA) is 102 Å². The molecule has 10 heteroatoms. The first-order valence-corrected chi connectivity index (χ1v) is 12.5. The highest BCUT2D eigenvalue weighted by Crippen LogP contribution is 2.32. The molecule has 1 fully saturated rings. The molecule has 0 atom stereocenters. The van der Waals surface area contributed by atoms with Crippen LogP contribution in [0.5, 0.6) is 5.88 Å². The van der Waals surface area contributed by atoms with E-state index in [1.54, 1.807) is 44.1 Å². The zero-order valence-corrected chi connectivity index (χ0v) is 21.0. The SMILES string of the molecule is CC(C)Oc1cncc(-c2ccc(NC(=O)C(C)(C)c3ccnc(NSC4CCC4)n3)c(F)c2)n1. The summed E-state index contributed by atoms with van der Waals surface area (Å²) in [4.78, 5) is 30.4. The average Bonchev–Trinajstić information content (AvgIpc) is 2.79. The van der Waals surface area contributed by atoms with Gasteiger partial charge in [-0.25, -0.2) is 19.3 Å². The van der Waals surface area contributed by atoms with Gasteiger partial charge in [-0.15, -0.1) is 0 Å². The Morgan fingerprint density at radius 2 is 2.00 bits per heavy atom. The van der Waals surface area contributed by atoms with Crippen molar-refractivity contribution in [3.63, 3.8) is 0 Å². The van der Waals surface area contributed by atoms with Crippen LogP contribution in [0.2, 0.25) is 0 Å². The summed E-state index contributed by atoms with van der Waals surface area (Å²) in [5, 5.41) is 3.26. The maximum Gasteiger partial charge on any atom is 0.236 e. The number of nitrogens with one attached hydrogen (secondary N) is 2. The zero-order chi connectivity index (χ0) is 25.0. The molecule has 8 nitrogen and oxygen atoms in total. The maximum atomic E-state index is 14.9. The van der Waals surface area contributed by atoms with E-state index in [-0.39, 0.29) is 17.7 Å². The predicted octanol–water partition coefficient (Wildman–Crippen LogP) is 5.39. The number of hydrogen-bond donors (Lipinski definition) is 2. The summed E-state index contributed by atoms with van der Waals surface area (Å²) in [6.45, 7) is 7.27. The van der Waals surface area contributed by atoms with Crippen LogP contribution in [0.3, 0.4) is 0 Å². The highest BCUT2D eigenvalue weighted by molar-refractivity contribution is 8.01. The van der Waals surface area contributed by atoms with Crippen LogP contribution in [-0.2, 0) is 10.2 Å². The second-order valence-corrected chi connectivity index (χ2v) is 10.3. The van der Waals surface area contributed by atoms with Crippen LogP contribution in [0.15, 0.2) is 42.9 Å². The molecule has 0 saturated heterocycles. The highest BCUT2D eigenvalue weighted by Gasteiger charge is 2.32. The summed E-state index contributed by atoms with van der Waals surface area (Å²) >= 11 is 1.61. The Morgan fingerprint density at radius 3 is 2.69 bits per heavy atom. The van der Waals surface area contributed by atoms with E-state index in [0.29, 0.717) is 34.0 Å². The number of amides is 1. The first-order chi connectivity index (χ1) is 16.7. The number of anilines is 2. The number of halogens is 1. The van der Waals surface area contributed by atoms with E-state index < -0.39 is 11.2 Å². The van der Waals surface area contributed by atoms with Crippen LogP contribution in [0, 0.1) is 5.82 Å². The molecule has 0 aliphatic heterocycles. The van der Waals surface area contributed by atoms with Gasteiger partial charge in [-0.2, -0.15) is 0 Å². The normalized spacial score (nSPS) is 13.9. The molecule has 1 aromatic carbocycles. The second-order valence-electron chi connectivity index (χ2n) is 9.22. The van der Waals surface area contributed by atoms with Crippen LogP contribution in [0.4, 0.5) is 16.0 Å². The van der Waals surface area contributed by atoms with E-state index in [9.17, 15) is 9.18 Å². The van der Waals surface area contributed by atoms with Crippen molar-refractivity contribution in [2.75, 3.05) is 10.0 Å². The fourth-order valence-corrected chi connectivity index (χ4v) is 4.28. The number of hydrogen-bond acceptors (Lipinski definition) is 8. The van der Waals surface area contributed by atoms with E-state index in [1.165, 1.54) is 43.8 Å². The highest BCUT2D eigenvalue weighted by atomic mass is 32.2. The second kappa shape index (κ2) is 10.6. The smallest absolute Gasteiger partial charge is 0.236 e. The van der Waals surface area contributed by atoms with Crippen LogP contribution in [0.1, 0.15) is 52.7 Å². The molecule has 184 valence electrons. The summed E-state index contributed by atoms with van der Waals surface area (Å²) in [5.74, 6) is -0.138. The van der Waals surface area contributed by atoms with Gasteiger partial charge in [-0.05, 0) is 70.7 Å². The van der Waals surface area contributed by atoms with Gasteiger partial charge < -0.3 is 10.1 Å². The van der Waals surface area contributed by atoms with Gasteiger partial charge in [0.05, 0.1) is 41.0 Å². The van der Waals surface area contributed by atoms with Gasteiger partial charge in [0.25, 0.3) is 0 Å². The van der Waals surface area contributed by atoms with Crippen molar-refractivity contribution in [1.82, 2.24) is 19.9 Å². The molecule has 0 radical (unpaired) electrons. The molecule has 1 saturated carbocycles. The van der Waals surface area contributed by atoms with Gasteiger partial charge in [-0.1, -0.05) is 12.5 Å². The number of rotatable bonds is 9. The van der Waals surface area contributed by atoms with Crippen LogP contribution in [-0.4, -0.2) is 37.2 Å². The number of carbonyl (C=O) groups excluding carboxylic acids is 1. The van der Waals surface area contributed by atoms with E-state index in [2.05, 4.69) is 30.0 Å². The lowest BCUT2D eigenvalue weighted by molar-refractivity contribution is -0.120. The van der Waals surface area contributed by atoms with Crippen LogP contribution < -0.4 is 14.8 Å². The molecule has 0 bridgehead atoms. The minimum Gasteiger partial charge on any atom is -0.474 e. The Morgan fingerprint density at radius 1 is 1.20 bits per heavy atom. The van der Waals surface area contributed by atoms with Gasteiger partial charge in [0.15, 0.2) is 0 Å². The van der Waals surface area contributed by atoms with E-state index in [0.717, 1.165) is 0 Å². The lowest BCUT2D eigenvalue weighted by Crippen LogP contribution is -2.36. The number of aromatic nitrogens is 4. The van der Waals surface area contributed by atoms with Gasteiger partial charge >= 0.3 is 0 Å². The molecule has 4 rings (SSSR count). The van der Waals surface area contributed by atoms with Crippen molar-refractivity contribution in [2.24, 2.45) is 0 Å². The van der Waals surface area contributed by atoms with E-state index >= 15 is 0 Å². The van der Waals surface area contributed by atoms with Crippen molar-refractivity contribution in [3.05, 3.63) is 54.4 Å². The largest absolute Gasteiger partial charge is 0.474 e. The number of carbonyl (C=O) groups is 1. The number of benzene rings is 1. The Balaban J connectivity index is 1.46. The van der Waals surface area contributed by atoms with Crippen molar-refractivity contribution in [1.29, 1.82) is 0 Å². The van der Waals surface area contributed by atoms with Crippen LogP contribution in [0.25, 0.3) is 11.3 Å².